The molecule has 3 amide bonds. The molecule has 0 radical (unpaired) electrons. The predicted molar refractivity (Wildman–Crippen MR) is 120 cm³/mol. The van der Waals surface area contributed by atoms with Gasteiger partial charge in [0.25, 0.3) is 17.6 Å². The highest BCUT2D eigenvalue weighted by molar-refractivity contribution is 5.98. The minimum Gasteiger partial charge on any atom is -0.350 e. The van der Waals surface area contributed by atoms with Crippen molar-refractivity contribution in [2.45, 2.75) is 33.2 Å². The third-order valence-electron chi connectivity index (χ3n) is 6.00. The Kier molecular flexibility index (Phi) is 6.80. The van der Waals surface area contributed by atoms with Crippen LogP contribution in [0.15, 0.2) is 30.6 Å². The smallest absolute Gasteiger partial charge is 0.270 e. The van der Waals surface area contributed by atoms with Crippen molar-refractivity contribution in [1.29, 1.82) is 0 Å². The number of piperidine rings is 1. The van der Waals surface area contributed by atoms with Gasteiger partial charge in [-0.1, -0.05) is 12.1 Å². The first-order valence-corrected chi connectivity index (χ1v) is 11.1. The lowest BCUT2D eigenvalue weighted by Crippen LogP contribution is -2.40. The van der Waals surface area contributed by atoms with Gasteiger partial charge in [0.2, 0.25) is 5.91 Å². The molecule has 1 aliphatic heterocycles. The fourth-order valence-electron chi connectivity index (χ4n) is 3.96. The van der Waals surface area contributed by atoms with E-state index in [1.807, 2.05) is 0 Å². The molecule has 10 nitrogen and oxygen atoms in total. The summed E-state index contributed by atoms with van der Waals surface area (Å²) in [5.74, 6) is -0.740. The molecule has 2 aromatic heterocycles. The monoisotopic (exact) mass is 467 g/mol. The van der Waals surface area contributed by atoms with Crippen LogP contribution in [0.4, 0.5) is 4.39 Å². The highest BCUT2D eigenvalue weighted by atomic mass is 19.1. The minimum absolute atomic E-state index is 0.0271. The lowest BCUT2D eigenvalue weighted by Gasteiger charge is -2.31. The molecule has 4 rings (SSSR count). The first-order chi connectivity index (χ1) is 16.3. The molecule has 1 saturated heterocycles. The van der Waals surface area contributed by atoms with Gasteiger partial charge in [0, 0.05) is 39.2 Å². The summed E-state index contributed by atoms with van der Waals surface area (Å²) >= 11 is 0. The maximum atomic E-state index is 13.5. The van der Waals surface area contributed by atoms with Crippen LogP contribution >= 0.6 is 0 Å². The van der Waals surface area contributed by atoms with Crippen molar-refractivity contribution in [1.82, 2.24) is 35.1 Å². The summed E-state index contributed by atoms with van der Waals surface area (Å²) < 4.78 is 14.8. The summed E-state index contributed by atoms with van der Waals surface area (Å²) in [5.41, 5.74) is 1.40. The van der Waals surface area contributed by atoms with Gasteiger partial charge in [-0.15, -0.1) is 0 Å². The summed E-state index contributed by atoms with van der Waals surface area (Å²) in [6.45, 7) is 5.20. The molecule has 2 N–H and O–H groups in total. The van der Waals surface area contributed by atoms with Crippen LogP contribution in [0.1, 0.15) is 51.9 Å². The van der Waals surface area contributed by atoms with E-state index in [0.717, 1.165) is 18.4 Å². The van der Waals surface area contributed by atoms with Crippen LogP contribution in [-0.4, -0.2) is 61.8 Å². The molecule has 0 bridgehead atoms. The second kappa shape index (κ2) is 9.94. The molecule has 0 spiro atoms. The highest BCUT2D eigenvalue weighted by Crippen LogP contribution is 2.17. The van der Waals surface area contributed by atoms with E-state index in [1.54, 1.807) is 30.9 Å². The van der Waals surface area contributed by atoms with Gasteiger partial charge in [0.05, 0.1) is 0 Å². The van der Waals surface area contributed by atoms with Gasteiger partial charge in [-0.2, -0.15) is 14.6 Å². The first kappa shape index (κ1) is 23.3. The quantitative estimate of drug-likeness (QED) is 0.567. The zero-order valence-corrected chi connectivity index (χ0v) is 19.0. The van der Waals surface area contributed by atoms with Crippen LogP contribution in [0.3, 0.4) is 0 Å². The van der Waals surface area contributed by atoms with Crippen LogP contribution in [0.25, 0.3) is 5.78 Å². The summed E-state index contributed by atoms with van der Waals surface area (Å²) in [6, 6.07) is 5.98. The third-order valence-corrected chi connectivity index (χ3v) is 6.00. The molecule has 3 heterocycles. The highest BCUT2D eigenvalue weighted by Gasteiger charge is 2.23. The van der Waals surface area contributed by atoms with E-state index in [0.29, 0.717) is 25.2 Å². The van der Waals surface area contributed by atoms with Crippen molar-refractivity contribution in [3.8, 4) is 0 Å². The number of fused-ring (bicyclic) bond motifs is 1. The fourth-order valence-corrected chi connectivity index (χ4v) is 3.96. The number of aromatic nitrogens is 4. The van der Waals surface area contributed by atoms with Gasteiger partial charge in [0.15, 0.2) is 0 Å². The van der Waals surface area contributed by atoms with Crippen molar-refractivity contribution < 1.29 is 18.8 Å². The number of hydrogen-bond donors (Lipinski definition) is 2. The Hall–Kier alpha value is -3.89. The molecule has 0 saturated carbocycles. The van der Waals surface area contributed by atoms with Crippen LogP contribution in [0.5, 0.6) is 0 Å². The number of carbonyl (C=O) groups excluding carboxylic acids is 3. The number of benzene rings is 1. The van der Waals surface area contributed by atoms with Crippen molar-refractivity contribution in [3.05, 3.63) is 58.9 Å². The van der Waals surface area contributed by atoms with Crippen LogP contribution < -0.4 is 10.6 Å². The number of rotatable bonds is 6. The van der Waals surface area contributed by atoms with Gasteiger partial charge < -0.3 is 15.5 Å². The number of hydrogen-bond acceptors (Lipinski definition) is 6. The average Bonchev–Trinajstić information content (AvgIpc) is 3.31. The Morgan fingerprint density at radius 3 is 2.59 bits per heavy atom. The molecule has 0 aliphatic carbocycles. The van der Waals surface area contributed by atoms with Gasteiger partial charge >= 0.3 is 0 Å². The molecule has 1 fully saturated rings. The number of amides is 3. The molecule has 3 aromatic rings. The van der Waals surface area contributed by atoms with Gasteiger partial charge in [-0.05, 0) is 42.9 Å². The maximum absolute atomic E-state index is 13.5. The standard InChI is InChI=1S/C23H26FN7O3/c1-14-9-17(3-4-18(14)24)12-25-21(33)19-10-20(31-23(29-19)27-13-28-31)22(34)26-11-16-5-7-30(8-6-16)15(2)32/h3-4,9-10,13,16H,5-8,11-12H2,1-2H3,(H,25,33)(H,26,34). The Balaban J connectivity index is 1.43. The zero-order chi connectivity index (χ0) is 24.2. The molecule has 34 heavy (non-hydrogen) atoms. The molecule has 178 valence electrons. The van der Waals surface area contributed by atoms with Crippen LogP contribution in [0, 0.1) is 18.7 Å². The molecule has 11 heteroatoms. The molecular weight excluding hydrogens is 441 g/mol. The molecule has 1 aliphatic rings. The second-order valence-electron chi connectivity index (χ2n) is 8.42. The number of carbonyl (C=O) groups is 3. The number of halogens is 1. The van der Waals surface area contributed by atoms with E-state index in [1.165, 1.54) is 23.0 Å². The molecule has 1 aromatic carbocycles. The zero-order valence-electron chi connectivity index (χ0n) is 19.0. The second-order valence-corrected chi connectivity index (χ2v) is 8.42. The lowest BCUT2D eigenvalue weighted by atomic mass is 9.97. The van der Waals surface area contributed by atoms with E-state index in [2.05, 4.69) is 25.7 Å². The Labute approximate surface area is 195 Å². The van der Waals surface area contributed by atoms with Crippen LogP contribution in [0.2, 0.25) is 0 Å². The first-order valence-electron chi connectivity index (χ1n) is 11.1. The van der Waals surface area contributed by atoms with E-state index < -0.39 is 11.8 Å². The number of aryl methyl sites for hydroxylation is 1. The van der Waals surface area contributed by atoms with Crippen molar-refractivity contribution >= 4 is 23.5 Å². The van der Waals surface area contributed by atoms with Gasteiger partial charge in [-0.25, -0.2) is 9.37 Å². The third kappa shape index (κ3) is 5.19. The summed E-state index contributed by atoms with van der Waals surface area (Å²) in [6.07, 6.45) is 2.89. The largest absolute Gasteiger partial charge is 0.350 e. The SMILES string of the molecule is CC(=O)N1CCC(CNC(=O)c2cc(C(=O)NCc3ccc(F)c(C)c3)nc3ncnn23)CC1. The topological polar surface area (TPSA) is 122 Å². The van der Waals surface area contributed by atoms with Gasteiger partial charge in [0.1, 0.15) is 23.5 Å². The molecule has 0 unspecified atom stereocenters. The predicted octanol–water partition coefficient (Wildman–Crippen LogP) is 1.49. The van der Waals surface area contributed by atoms with E-state index in [9.17, 15) is 18.8 Å². The van der Waals surface area contributed by atoms with Crippen LogP contribution in [-0.2, 0) is 11.3 Å². The number of likely N-dealkylation sites (tertiary alicyclic amines) is 1. The van der Waals surface area contributed by atoms with Crippen molar-refractivity contribution in [3.63, 3.8) is 0 Å². The Morgan fingerprint density at radius 2 is 1.88 bits per heavy atom. The van der Waals surface area contributed by atoms with Crippen molar-refractivity contribution in [2.75, 3.05) is 19.6 Å². The minimum atomic E-state index is -0.488. The maximum Gasteiger partial charge on any atom is 0.270 e. The normalized spacial score (nSPS) is 14.3. The van der Waals surface area contributed by atoms with Crippen molar-refractivity contribution in [2.24, 2.45) is 5.92 Å². The summed E-state index contributed by atoms with van der Waals surface area (Å²) in [5, 5.41) is 9.69. The van der Waals surface area contributed by atoms with E-state index in [-0.39, 0.29) is 41.4 Å². The lowest BCUT2D eigenvalue weighted by molar-refractivity contribution is -0.130. The Morgan fingerprint density at radius 1 is 1.12 bits per heavy atom. The van der Waals surface area contributed by atoms with E-state index in [4.69, 9.17) is 0 Å². The number of nitrogens with zero attached hydrogens (tertiary/aromatic N) is 5. The van der Waals surface area contributed by atoms with E-state index >= 15 is 0 Å². The summed E-state index contributed by atoms with van der Waals surface area (Å²) in [4.78, 5) is 47.2. The molecular formula is C23H26FN7O3. The molecule has 0 atom stereocenters. The number of nitrogens with one attached hydrogen (secondary N) is 2. The average molecular weight is 468 g/mol. The Bertz CT molecular complexity index is 1230. The fraction of sp³-hybridized carbons (Fsp3) is 0.391. The van der Waals surface area contributed by atoms with Gasteiger partial charge in [-0.3, -0.25) is 14.4 Å². The summed E-state index contributed by atoms with van der Waals surface area (Å²) in [7, 11) is 0.